The second kappa shape index (κ2) is 6.98. The summed E-state index contributed by atoms with van der Waals surface area (Å²) in [6, 6.07) is 26.6. The van der Waals surface area contributed by atoms with E-state index < -0.39 is 0 Å². The van der Waals surface area contributed by atoms with Crippen LogP contribution in [0, 0.1) is 0 Å². The number of carbonyl (C=O) groups excluding carboxylic acids is 1. The average molecular weight is 359 g/mol. The van der Waals surface area contributed by atoms with E-state index >= 15 is 0 Å². The summed E-state index contributed by atoms with van der Waals surface area (Å²) < 4.78 is 0. The van der Waals surface area contributed by atoms with Crippen molar-refractivity contribution < 1.29 is 4.79 Å². The van der Waals surface area contributed by atoms with Crippen molar-refractivity contribution in [2.45, 2.75) is 0 Å². The molecule has 0 aliphatic carbocycles. The Morgan fingerprint density at radius 1 is 0.808 bits per heavy atom. The number of anilines is 1. The van der Waals surface area contributed by atoms with Crippen LogP contribution in [0.25, 0.3) is 6.08 Å². The molecule has 3 aromatic carbocycles. The minimum Gasteiger partial charge on any atom is -0.266 e. The summed E-state index contributed by atoms with van der Waals surface area (Å²) in [6.07, 6.45) is 1.78. The van der Waals surface area contributed by atoms with Crippen molar-refractivity contribution in [3.8, 4) is 0 Å². The van der Waals surface area contributed by atoms with Gasteiger partial charge in [0.1, 0.15) is 11.5 Å². The summed E-state index contributed by atoms with van der Waals surface area (Å²) in [4.78, 5) is 19.4. The Balaban J connectivity index is 1.81. The molecule has 0 aromatic heterocycles. The van der Waals surface area contributed by atoms with Crippen molar-refractivity contribution in [3.05, 3.63) is 107 Å². The molecule has 1 aliphatic rings. The fraction of sp³-hybridized carbons (Fsp3) is 0. The molecule has 0 fully saturated rings. The summed E-state index contributed by atoms with van der Waals surface area (Å²) in [5.74, 6) is 0.479. The van der Waals surface area contributed by atoms with Crippen LogP contribution < -0.4 is 4.90 Å². The number of nitrogens with zero attached hydrogens (tertiary/aromatic N) is 2. The fourth-order valence-electron chi connectivity index (χ4n) is 2.83. The molecular formula is C22H15ClN2O. The van der Waals surface area contributed by atoms with Crippen LogP contribution in [0.4, 0.5) is 5.69 Å². The number of aliphatic imine (C=N–C) groups is 1. The van der Waals surface area contributed by atoms with E-state index in [1.807, 2.05) is 72.8 Å². The van der Waals surface area contributed by atoms with Gasteiger partial charge in [0.2, 0.25) is 0 Å². The Morgan fingerprint density at radius 3 is 2.08 bits per heavy atom. The molecule has 0 saturated heterocycles. The van der Waals surface area contributed by atoms with Gasteiger partial charge in [-0.05, 0) is 35.9 Å². The molecule has 1 amide bonds. The molecule has 0 bridgehead atoms. The Kier molecular flexibility index (Phi) is 4.38. The SMILES string of the molecule is O=C1C(=Cc2ccc(Cl)cc2)N=C(c2ccccc2)N1c1ccccc1. The molecule has 0 atom stereocenters. The van der Waals surface area contributed by atoms with Gasteiger partial charge in [-0.2, -0.15) is 0 Å². The quantitative estimate of drug-likeness (QED) is 0.594. The highest BCUT2D eigenvalue weighted by Crippen LogP contribution is 2.27. The topological polar surface area (TPSA) is 32.7 Å². The molecule has 0 spiro atoms. The molecule has 0 saturated carbocycles. The summed E-state index contributed by atoms with van der Waals surface area (Å²) >= 11 is 5.94. The number of para-hydroxylation sites is 1. The van der Waals surface area contributed by atoms with Gasteiger partial charge in [-0.25, -0.2) is 4.99 Å². The van der Waals surface area contributed by atoms with Crippen molar-refractivity contribution >= 4 is 35.1 Å². The van der Waals surface area contributed by atoms with Gasteiger partial charge < -0.3 is 0 Å². The lowest BCUT2D eigenvalue weighted by Crippen LogP contribution is -2.32. The number of benzene rings is 3. The molecule has 4 rings (SSSR count). The zero-order chi connectivity index (χ0) is 17.9. The van der Waals surface area contributed by atoms with E-state index in [0.29, 0.717) is 16.6 Å². The maximum atomic E-state index is 13.1. The summed E-state index contributed by atoms with van der Waals surface area (Å²) in [5.41, 5.74) is 2.96. The van der Waals surface area contributed by atoms with Crippen LogP contribution in [0.2, 0.25) is 5.02 Å². The Labute approximate surface area is 156 Å². The third-order valence-electron chi connectivity index (χ3n) is 4.08. The van der Waals surface area contributed by atoms with E-state index in [1.165, 1.54) is 0 Å². The van der Waals surface area contributed by atoms with Crippen LogP contribution in [0.1, 0.15) is 11.1 Å². The maximum Gasteiger partial charge on any atom is 0.282 e. The molecule has 0 N–H and O–H groups in total. The molecular weight excluding hydrogens is 344 g/mol. The maximum absolute atomic E-state index is 13.1. The third-order valence-corrected chi connectivity index (χ3v) is 4.33. The van der Waals surface area contributed by atoms with Gasteiger partial charge in [-0.15, -0.1) is 0 Å². The standard InChI is InChI=1S/C22H15ClN2O/c23-18-13-11-16(12-14-18)15-20-22(26)25(19-9-5-2-6-10-19)21(24-20)17-7-3-1-4-8-17/h1-15H. The molecule has 0 unspecified atom stereocenters. The number of amidine groups is 1. The number of hydrogen-bond donors (Lipinski definition) is 0. The molecule has 3 aromatic rings. The van der Waals surface area contributed by atoms with Crippen molar-refractivity contribution in [3.63, 3.8) is 0 Å². The van der Waals surface area contributed by atoms with Crippen molar-refractivity contribution in [2.75, 3.05) is 4.90 Å². The van der Waals surface area contributed by atoms with Crippen LogP contribution in [0.15, 0.2) is 95.6 Å². The lowest BCUT2D eigenvalue weighted by molar-refractivity contribution is -0.113. The zero-order valence-corrected chi connectivity index (χ0v) is 14.6. The van der Waals surface area contributed by atoms with E-state index in [1.54, 1.807) is 23.1 Å². The molecule has 1 aliphatic heterocycles. The highest BCUT2D eigenvalue weighted by molar-refractivity contribution is 6.33. The van der Waals surface area contributed by atoms with Gasteiger partial charge in [-0.1, -0.05) is 72.3 Å². The monoisotopic (exact) mass is 358 g/mol. The first-order valence-electron chi connectivity index (χ1n) is 8.23. The minimum absolute atomic E-state index is 0.148. The van der Waals surface area contributed by atoms with Crippen molar-refractivity contribution in [1.29, 1.82) is 0 Å². The van der Waals surface area contributed by atoms with Gasteiger partial charge in [0.25, 0.3) is 5.91 Å². The van der Waals surface area contributed by atoms with Crippen LogP contribution >= 0.6 is 11.6 Å². The lowest BCUT2D eigenvalue weighted by atomic mass is 10.1. The predicted octanol–water partition coefficient (Wildman–Crippen LogP) is 5.17. The smallest absolute Gasteiger partial charge is 0.266 e. The summed E-state index contributed by atoms with van der Waals surface area (Å²) in [6.45, 7) is 0. The Hall–Kier alpha value is -3.17. The number of rotatable bonds is 3. The summed E-state index contributed by atoms with van der Waals surface area (Å²) in [5, 5.41) is 0.657. The van der Waals surface area contributed by atoms with Gasteiger partial charge in [-0.3, -0.25) is 9.69 Å². The normalized spacial score (nSPS) is 15.4. The van der Waals surface area contributed by atoms with Crippen LogP contribution in [-0.4, -0.2) is 11.7 Å². The first kappa shape index (κ1) is 16.3. The number of halogens is 1. The lowest BCUT2D eigenvalue weighted by Gasteiger charge is -2.18. The second-order valence-electron chi connectivity index (χ2n) is 5.86. The first-order chi connectivity index (χ1) is 12.7. The Bertz CT molecular complexity index is 993. The number of hydrogen-bond acceptors (Lipinski definition) is 2. The molecule has 4 heteroatoms. The average Bonchev–Trinajstić information content (AvgIpc) is 3.01. The van der Waals surface area contributed by atoms with E-state index in [-0.39, 0.29) is 5.91 Å². The van der Waals surface area contributed by atoms with E-state index in [9.17, 15) is 4.79 Å². The molecule has 0 radical (unpaired) electrons. The first-order valence-corrected chi connectivity index (χ1v) is 8.61. The van der Waals surface area contributed by atoms with Crippen molar-refractivity contribution in [2.24, 2.45) is 4.99 Å². The third kappa shape index (κ3) is 3.17. The van der Waals surface area contributed by atoms with Crippen molar-refractivity contribution in [1.82, 2.24) is 0 Å². The van der Waals surface area contributed by atoms with Crippen LogP contribution in [0.5, 0.6) is 0 Å². The summed E-state index contributed by atoms with van der Waals surface area (Å²) in [7, 11) is 0. The zero-order valence-electron chi connectivity index (χ0n) is 13.8. The number of carbonyl (C=O) groups is 1. The van der Waals surface area contributed by atoms with Gasteiger partial charge in [0.15, 0.2) is 0 Å². The number of amides is 1. The predicted molar refractivity (Wildman–Crippen MR) is 106 cm³/mol. The minimum atomic E-state index is -0.148. The fourth-order valence-corrected chi connectivity index (χ4v) is 2.96. The van der Waals surface area contributed by atoms with Crippen LogP contribution in [0.3, 0.4) is 0 Å². The molecule has 26 heavy (non-hydrogen) atoms. The van der Waals surface area contributed by atoms with Gasteiger partial charge in [0, 0.05) is 10.6 Å². The highest BCUT2D eigenvalue weighted by Gasteiger charge is 2.32. The van der Waals surface area contributed by atoms with Gasteiger partial charge in [0.05, 0.1) is 5.69 Å². The van der Waals surface area contributed by atoms with Gasteiger partial charge >= 0.3 is 0 Å². The second-order valence-corrected chi connectivity index (χ2v) is 6.30. The van der Waals surface area contributed by atoms with E-state index in [0.717, 1.165) is 16.8 Å². The Morgan fingerprint density at radius 2 is 1.42 bits per heavy atom. The molecule has 126 valence electrons. The highest BCUT2D eigenvalue weighted by atomic mass is 35.5. The van der Waals surface area contributed by atoms with E-state index in [4.69, 9.17) is 11.6 Å². The largest absolute Gasteiger partial charge is 0.282 e. The van der Waals surface area contributed by atoms with E-state index in [2.05, 4.69) is 4.99 Å². The molecule has 1 heterocycles. The van der Waals surface area contributed by atoms with Crippen LogP contribution in [-0.2, 0) is 4.79 Å². The molecule has 3 nitrogen and oxygen atoms in total.